The van der Waals surface area contributed by atoms with Gasteiger partial charge in [0.2, 0.25) is 0 Å². The molecule has 0 spiro atoms. The average molecular weight is 257 g/mol. The molecule has 2 rings (SSSR count). The van der Waals surface area contributed by atoms with E-state index in [1.165, 1.54) is 25.1 Å². The molecule has 2 heteroatoms. The molecule has 1 aromatic carbocycles. The van der Waals surface area contributed by atoms with E-state index in [2.05, 4.69) is 54.9 Å². The fourth-order valence-electron chi connectivity index (χ4n) is 2.53. The Morgan fingerprint density at radius 2 is 2.00 bits per heavy atom. The molecule has 0 radical (unpaired) electrons. The van der Waals surface area contributed by atoms with Gasteiger partial charge in [0.1, 0.15) is 0 Å². The monoisotopic (exact) mass is 257 g/mol. The Hall–Kier alpha value is -1.30. The van der Waals surface area contributed by atoms with Crippen LogP contribution < -0.4 is 0 Å². The molecule has 1 heterocycles. The van der Waals surface area contributed by atoms with Crippen LogP contribution in [0.3, 0.4) is 0 Å². The molecule has 1 N–H and O–H groups in total. The van der Waals surface area contributed by atoms with Crippen LogP contribution in [0.4, 0.5) is 0 Å². The van der Waals surface area contributed by atoms with Crippen molar-refractivity contribution in [3.63, 3.8) is 0 Å². The third kappa shape index (κ3) is 4.38. The van der Waals surface area contributed by atoms with Crippen molar-refractivity contribution in [2.45, 2.75) is 33.2 Å². The Labute approximate surface area is 116 Å². The van der Waals surface area contributed by atoms with Gasteiger partial charge in [-0.1, -0.05) is 37.8 Å². The third-order valence-corrected chi connectivity index (χ3v) is 3.59. The summed E-state index contributed by atoms with van der Waals surface area (Å²) in [6.07, 6.45) is 1.84. The van der Waals surface area contributed by atoms with E-state index in [9.17, 15) is 0 Å². The SMILES string of the molecule is CC1(C)CCN(Cc2ccc(C#CCCO)cc2)C1. The van der Waals surface area contributed by atoms with Crippen molar-refractivity contribution < 1.29 is 5.11 Å². The second-order valence-electron chi connectivity index (χ2n) is 6.10. The van der Waals surface area contributed by atoms with E-state index in [4.69, 9.17) is 5.11 Å². The van der Waals surface area contributed by atoms with Gasteiger partial charge in [0.05, 0.1) is 6.61 Å². The number of hydrogen-bond donors (Lipinski definition) is 1. The lowest BCUT2D eigenvalue weighted by atomic mass is 9.93. The first-order valence-corrected chi connectivity index (χ1v) is 7.00. The molecule has 19 heavy (non-hydrogen) atoms. The van der Waals surface area contributed by atoms with Crippen LogP contribution in [0.1, 0.15) is 37.8 Å². The molecule has 0 saturated carbocycles. The van der Waals surface area contributed by atoms with Gasteiger partial charge in [0.15, 0.2) is 0 Å². The molecule has 0 bridgehead atoms. The quantitative estimate of drug-likeness (QED) is 0.842. The summed E-state index contributed by atoms with van der Waals surface area (Å²) in [5.74, 6) is 6.00. The van der Waals surface area contributed by atoms with Crippen LogP contribution in [0, 0.1) is 17.3 Å². The number of aliphatic hydroxyl groups excluding tert-OH is 1. The minimum Gasteiger partial charge on any atom is -0.395 e. The largest absolute Gasteiger partial charge is 0.395 e. The summed E-state index contributed by atoms with van der Waals surface area (Å²) in [7, 11) is 0. The van der Waals surface area contributed by atoms with E-state index in [-0.39, 0.29) is 6.61 Å². The van der Waals surface area contributed by atoms with Crippen LogP contribution >= 0.6 is 0 Å². The van der Waals surface area contributed by atoms with Gasteiger partial charge in [0, 0.05) is 25.1 Å². The summed E-state index contributed by atoms with van der Waals surface area (Å²) in [5.41, 5.74) is 2.85. The third-order valence-electron chi connectivity index (χ3n) is 3.59. The van der Waals surface area contributed by atoms with Gasteiger partial charge in [-0.05, 0) is 36.1 Å². The predicted molar refractivity (Wildman–Crippen MR) is 78.7 cm³/mol. The van der Waals surface area contributed by atoms with Gasteiger partial charge < -0.3 is 5.11 Å². The van der Waals surface area contributed by atoms with Crippen molar-refractivity contribution in [2.24, 2.45) is 5.41 Å². The minimum absolute atomic E-state index is 0.135. The zero-order valence-corrected chi connectivity index (χ0v) is 11.9. The normalized spacial score (nSPS) is 18.1. The topological polar surface area (TPSA) is 23.5 Å². The lowest BCUT2D eigenvalue weighted by molar-refractivity contribution is 0.284. The highest BCUT2D eigenvalue weighted by Gasteiger charge is 2.28. The highest BCUT2D eigenvalue weighted by Crippen LogP contribution is 2.29. The summed E-state index contributed by atoms with van der Waals surface area (Å²) in [4.78, 5) is 2.52. The lowest BCUT2D eigenvalue weighted by Crippen LogP contribution is -2.22. The Morgan fingerprint density at radius 3 is 2.58 bits per heavy atom. The number of rotatable bonds is 3. The van der Waals surface area contributed by atoms with E-state index >= 15 is 0 Å². The molecular formula is C17H23NO. The molecule has 0 aromatic heterocycles. The molecule has 1 aliphatic rings. The zero-order chi connectivity index (χ0) is 13.7. The number of benzene rings is 1. The second-order valence-corrected chi connectivity index (χ2v) is 6.10. The predicted octanol–water partition coefficient (Wildman–Crippen LogP) is 2.65. The van der Waals surface area contributed by atoms with Crippen LogP contribution in [0.2, 0.25) is 0 Å². The van der Waals surface area contributed by atoms with E-state index < -0.39 is 0 Å². The number of likely N-dealkylation sites (tertiary alicyclic amines) is 1. The van der Waals surface area contributed by atoms with Crippen molar-refractivity contribution in [2.75, 3.05) is 19.7 Å². The van der Waals surface area contributed by atoms with Crippen LogP contribution in [0.5, 0.6) is 0 Å². The molecule has 0 amide bonds. The van der Waals surface area contributed by atoms with Crippen LogP contribution in [-0.2, 0) is 6.54 Å². The summed E-state index contributed by atoms with van der Waals surface area (Å²) in [6.45, 7) is 8.24. The van der Waals surface area contributed by atoms with Crippen LogP contribution in [0.25, 0.3) is 0 Å². The molecule has 0 unspecified atom stereocenters. The Balaban J connectivity index is 1.91. The van der Waals surface area contributed by atoms with Gasteiger partial charge in [-0.2, -0.15) is 0 Å². The van der Waals surface area contributed by atoms with E-state index in [1.807, 2.05) is 0 Å². The summed E-state index contributed by atoms with van der Waals surface area (Å²) in [5, 5.41) is 8.68. The molecule has 102 valence electrons. The first-order chi connectivity index (χ1) is 9.09. The molecular weight excluding hydrogens is 234 g/mol. The van der Waals surface area contributed by atoms with Crippen LogP contribution in [0.15, 0.2) is 24.3 Å². The lowest BCUT2D eigenvalue weighted by Gasteiger charge is -2.19. The van der Waals surface area contributed by atoms with Crippen molar-refractivity contribution in [3.8, 4) is 11.8 Å². The van der Waals surface area contributed by atoms with Gasteiger partial charge in [-0.3, -0.25) is 4.90 Å². The molecule has 0 aliphatic carbocycles. The zero-order valence-electron chi connectivity index (χ0n) is 11.9. The maximum Gasteiger partial charge on any atom is 0.0540 e. The van der Waals surface area contributed by atoms with E-state index in [0.717, 1.165) is 12.1 Å². The fraction of sp³-hybridized carbons (Fsp3) is 0.529. The summed E-state index contributed by atoms with van der Waals surface area (Å²) >= 11 is 0. The van der Waals surface area contributed by atoms with Crippen molar-refractivity contribution >= 4 is 0 Å². The number of hydrogen-bond acceptors (Lipinski definition) is 2. The van der Waals surface area contributed by atoms with Gasteiger partial charge >= 0.3 is 0 Å². The van der Waals surface area contributed by atoms with E-state index in [1.54, 1.807) is 0 Å². The highest BCUT2D eigenvalue weighted by molar-refractivity contribution is 5.36. The Morgan fingerprint density at radius 1 is 1.26 bits per heavy atom. The van der Waals surface area contributed by atoms with Crippen molar-refractivity contribution in [3.05, 3.63) is 35.4 Å². The Kier molecular flexibility index (Phi) is 4.63. The first kappa shape index (κ1) is 14.1. The average Bonchev–Trinajstić information content (AvgIpc) is 2.71. The highest BCUT2D eigenvalue weighted by atomic mass is 16.2. The maximum absolute atomic E-state index is 8.68. The number of aliphatic hydroxyl groups is 1. The van der Waals surface area contributed by atoms with E-state index in [0.29, 0.717) is 11.8 Å². The smallest absolute Gasteiger partial charge is 0.0540 e. The van der Waals surface area contributed by atoms with Gasteiger partial charge in [0.25, 0.3) is 0 Å². The molecule has 1 aliphatic heterocycles. The molecule has 2 nitrogen and oxygen atoms in total. The molecule has 1 saturated heterocycles. The Bertz CT molecular complexity index is 464. The molecule has 1 fully saturated rings. The van der Waals surface area contributed by atoms with Gasteiger partial charge in [-0.15, -0.1) is 0 Å². The molecule has 1 aromatic rings. The molecule has 0 atom stereocenters. The maximum atomic E-state index is 8.68. The van der Waals surface area contributed by atoms with Crippen molar-refractivity contribution in [1.29, 1.82) is 0 Å². The van der Waals surface area contributed by atoms with Crippen LogP contribution in [-0.4, -0.2) is 29.7 Å². The minimum atomic E-state index is 0.135. The number of nitrogens with zero attached hydrogens (tertiary/aromatic N) is 1. The first-order valence-electron chi connectivity index (χ1n) is 7.00. The second kappa shape index (κ2) is 6.23. The summed E-state index contributed by atoms with van der Waals surface area (Å²) in [6, 6.07) is 8.46. The summed E-state index contributed by atoms with van der Waals surface area (Å²) < 4.78 is 0. The standard InChI is InChI=1S/C17H23NO/c1-17(2)10-11-18(14-17)13-16-8-6-15(7-9-16)5-3-4-12-19/h6-9,19H,4,10-14H2,1-2H3. The van der Waals surface area contributed by atoms with Crippen molar-refractivity contribution in [1.82, 2.24) is 4.90 Å². The van der Waals surface area contributed by atoms with Gasteiger partial charge in [-0.25, -0.2) is 0 Å². The fourth-order valence-corrected chi connectivity index (χ4v) is 2.53.